The fraction of sp³-hybridized carbons (Fsp3) is 0.182. The topological polar surface area (TPSA) is 104 Å². The molecule has 1 N–H and O–H groups in total. The van der Waals surface area contributed by atoms with Gasteiger partial charge in [0.05, 0.1) is 34.3 Å². The summed E-state index contributed by atoms with van der Waals surface area (Å²) in [4.78, 5) is 30.8. The van der Waals surface area contributed by atoms with Crippen molar-refractivity contribution in [3.8, 4) is 16.3 Å². The van der Waals surface area contributed by atoms with E-state index in [1.165, 1.54) is 18.3 Å². The number of anilines is 1. The molecule has 0 saturated carbocycles. The number of aryl methyl sites for hydroxylation is 1. The number of esters is 1. The third-order valence-corrected chi connectivity index (χ3v) is 5.51. The van der Waals surface area contributed by atoms with Crippen LogP contribution in [0.15, 0.2) is 52.4 Å². The zero-order valence-electron chi connectivity index (χ0n) is 17.0. The van der Waals surface area contributed by atoms with Gasteiger partial charge >= 0.3 is 5.97 Å². The van der Waals surface area contributed by atoms with Crippen LogP contribution in [0, 0.1) is 6.92 Å². The molecule has 1 aromatic carbocycles. The first kappa shape index (κ1) is 20.5. The summed E-state index contributed by atoms with van der Waals surface area (Å²) >= 11 is 1.48. The second-order valence-electron chi connectivity index (χ2n) is 6.75. The lowest BCUT2D eigenvalue weighted by molar-refractivity contribution is -0.123. The highest BCUT2D eigenvalue weighted by molar-refractivity contribution is 7.13. The van der Waals surface area contributed by atoms with Gasteiger partial charge in [0, 0.05) is 5.69 Å². The molecule has 0 aliphatic rings. The first-order valence-corrected chi connectivity index (χ1v) is 10.3. The number of hydrogen-bond acceptors (Lipinski definition) is 8. The van der Waals surface area contributed by atoms with Crippen LogP contribution in [-0.4, -0.2) is 35.2 Å². The molecule has 4 aromatic rings. The predicted octanol–water partition coefficient (Wildman–Crippen LogP) is 4.45. The van der Waals surface area contributed by atoms with Crippen LogP contribution in [0.1, 0.15) is 23.0 Å². The van der Waals surface area contributed by atoms with Gasteiger partial charge in [-0.25, -0.2) is 9.78 Å². The second kappa shape index (κ2) is 8.57. The van der Waals surface area contributed by atoms with Crippen LogP contribution in [0.3, 0.4) is 0 Å². The third kappa shape index (κ3) is 4.26. The molecule has 158 valence electrons. The van der Waals surface area contributed by atoms with Gasteiger partial charge in [0.25, 0.3) is 11.6 Å². The smallest absolute Gasteiger partial charge is 0.339 e. The molecule has 0 fully saturated rings. The van der Waals surface area contributed by atoms with Gasteiger partial charge in [-0.1, -0.05) is 11.2 Å². The average Bonchev–Trinajstić information content (AvgIpc) is 3.44. The fourth-order valence-electron chi connectivity index (χ4n) is 3.00. The predicted molar refractivity (Wildman–Crippen MR) is 116 cm³/mol. The number of benzene rings is 1. The highest BCUT2D eigenvalue weighted by Gasteiger charge is 2.24. The van der Waals surface area contributed by atoms with E-state index in [1.807, 2.05) is 17.5 Å². The van der Waals surface area contributed by atoms with E-state index in [0.29, 0.717) is 28.2 Å². The summed E-state index contributed by atoms with van der Waals surface area (Å²) in [6.07, 6.45) is -1.02. The molecule has 8 nitrogen and oxygen atoms in total. The Morgan fingerprint density at radius 2 is 1.97 bits per heavy atom. The van der Waals surface area contributed by atoms with Gasteiger partial charge in [-0.2, -0.15) is 0 Å². The van der Waals surface area contributed by atoms with E-state index in [1.54, 1.807) is 44.4 Å². The van der Waals surface area contributed by atoms with Crippen molar-refractivity contribution >= 4 is 40.0 Å². The zero-order chi connectivity index (χ0) is 22.0. The van der Waals surface area contributed by atoms with Crippen molar-refractivity contribution in [2.24, 2.45) is 0 Å². The maximum atomic E-state index is 13.0. The molecule has 0 aliphatic carbocycles. The van der Waals surface area contributed by atoms with E-state index in [0.717, 1.165) is 4.88 Å². The van der Waals surface area contributed by atoms with Crippen molar-refractivity contribution in [1.29, 1.82) is 0 Å². The first-order valence-electron chi connectivity index (χ1n) is 9.43. The van der Waals surface area contributed by atoms with E-state index < -0.39 is 18.0 Å². The number of thiophene rings is 1. The molecule has 0 spiro atoms. The van der Waals surface area contributed by atoms with E-state index >= 15 is 0 Å². The van der Waals surface area contributed by atoms with Gasteiger partial charge in [-0.05, 0) is 55.6 Å². The number of aromatic nitrogens is 2. The van der Waals surface area contributed by atoms with E-state index in [-0.39, 0.29) is 11.3 Å². The Morgan fingerprint density at radius 3 is 2.65 bits per heavy atom. The van der Waals surface area contributed by atoms with Gasteiger partial charge in [0.15, 0.2) is 6.10 Å². The minimum atomic E-state index is -1.02. The average molecular weight is 437 g/mol. The lowest BCUT2D eigenvalue weighted by Gasteiger charge is -2.14. The van der Waals surface area contributed by atoms with Crippen LogP contribution < -0.4 is 10.1 Å². The number of carbonyl (C=O) groups excluding carboxylic acids is 2. The molecule has 1 unspecified atom stereocenters. The molecule has 0 saturated heterocycles. The van der Waals surface area contributed by atoms with Crippen LogP contribution in [0.4, 0.5) is 5.69 Å². The number of pyridine rings is 1. The molecule has 1 atom stereocenters. The first-order chi connectivity index (χ1) is 15.0. The van der Waals surface area contributed by atoms with Gasteiger partial charge in [0.1, 0.15) is 5.75 Å². The Hall–Kier alpha value is -3.72. The molecule has 9 heteroatoms. The molecule has 0 aliphatic heterocycles. The molecular weight excluding hydrogens is 418 g/mol. The van der Waals surface area contributed by atoms with E-state index in [9.17, 15) is 9.59 Å². The number of nitrogens with zero attached hydrogens (tertiary/aromatic N) is 2. The summed E-state index contributed by atoms with van der Waals surface area (Å²) in [5.41, 5.74) is 2.14. The largest absolute Gasteiger partial charge is 0.497 e. The van der Waals surface area contributed by atoms with Crippen LogP contribution in [0.5, 0.6) is 5.75 Å². The highest BCUT2D eigenvalue weighted by atomic mass is 32.1. The van der Waals surface area contributed by atoms with Crippen LogP contribution in [-0.2, 0) is 9.53 Å². The lowest BCUT2D eigenvalue weighted by atomic mass is 10.1. The SMILES string of the molecule is COc1ccc(NC(=O)C(C)OC(=O)c2cc(-c3cccs3)nc3onc(C)c23)cc1. The number of methoxy groups -OCH3 is 1. The summed E-state index contributed by atoms with van der Waals surface area (Å²) in [6.45, 7) is 3.23. The minimum Gasteiger partial charge on any atom is -0.497 e. The number of rotatable bonds is 6. The molecule has 0 radical (unpaired) electrons. The molecule has 3 aromatic heterocycles. The van der Waals surface area contributed by atoms with Crippen molar-refractivity contribution < 1.29 is 23.6 Å². The number of amides is 1. The summed E-state index contributed by atoms with van der Waals surface area (Å²) in [6, 6.07) is 12.3. The maximum absolute atomic E-state index is 13.0. The Morgan fingerprint density at radius 1 is 1.19 bits per heavy atom. The molecule has 4 rings (SSSR count). The normalized spacial score (nSPS) is 11.8. The summed E-state index contributed by atoms with van der Waals surface area (Å²) < 4.78 is 15.8. The van der Waals surface area contributed by atoms with E-state index in [4.69, 9.17) is 14.0 Å². The number of carbonyl (C=O) groups is 2. The Kier molecular flexibility index (Phi) is 5.68. The van der Waals surface area contributed by atoms with Crippen LogP contribution >= 0.6 is 11.3 Å². The second-order valence-corrected chi connectivity index (χ2v) is 7.69. The van der Waals surface area contributed by atoms with Gasteiger partial charge < -0.3 is 19.3 Å². The summed E-state index contributed by atoms with van der Waals surface area (Å²) in [5.74, 6) is -0.442. The minimum absolute atomic E-state index is 0.241. The molecule has 31 heavy (non-hydrogen) atoms. The number of ether oxygens (including phenoxy) is 2. The number of fused-ring (bicyclic) bond motifs is 1. The number of nitrogens with one attached hydrogen (secondary N) is 1. The third-order valence-electron chi connectivity index (χ3n) is 4.62. The van der Waals surface area contributed by atoms with Crippen molar-refractivity contribution in [3.05, 3.63) is 59.1 Å². The maximum Gasteiger partial charge on any atom is 0.339 e. The molecular formula is C22H19N3O5S. The van der Waals surface area contributed by atoms with Crippen molar-refractivity contribution in [2.45, 2.75) is 20.0 Å². The number of hydrogen-bond donors (Lipinski definition) is 1. The molecule has 1 amide bonds. The lowest BCUT2D eigenvalue weighted by Crippen LogP contribution is -2.30. The molecule has 0 bridgehead atoms. The van der Waals surface area contributed by atoms with Crippen LogP contribution in [0.25, 0.3) is 21.7 Å². The van der Waals surface area contributed by atoms with E-state index in [2.05, 4.69) is 15.5 Å². The van der Waals surface area contributed by atoms with Crippen LogP contribution in [0.2, 0.25) is 0 Å². The van der Waals surface area contributed by atoms with Crippen molar-refractivity contribution in [1.82, 2.24) is 10.1 Å². The quantitative estimate of drug-likeness (QED) is 0.444. The summed E-state index contributed by atoms with van der Waals surface area (Å²) in [5, 5.41) is 9.01. The molecule has 3 heterocycles. The standard InChI is InChI=1S/C22H19N3O5S/c1-12-19-16(11-17(18-5-4-10-31-18)24-21(19)30-25-12)22(27)29-13(2)20(26)23-14-6-8-15(28-3)9-7-14/h4-11,13H,1-3H3,(H,23,26). The summed E-state index contributed by atoms with van der Waals surface area (Å²) in [7, 11) is 1.56. The Bertz CT molecular complexity index is 1230. The highest BCUT2D eigenvalue weighted by Crippen LogP contribution is 2.30. The monoisotopic (exact) mass is 437 g/mol. The Labute approximate surface area is 181 Å². The Balaban J connectivity index is 1.55. The zero-order valence-corrected chi connectivity index (χ0v) is 17.9. The van der Waals surface area contributed by atoms with Gasteiger partial charge in [0.2, 0.25) is 0 Å². The van der Waals surface area contributed by atoms with Crippen molar-refractivity contribution in [2.75, 3.05) is 12.4 Å². The van der Waals surface area contributed by atoms with Gasteiger partial charge in [-0.3, -0.25) is 4.79 Å². The van der Waals surface area contributed by atoms with Gasteiger partial charge in [-0.15, -0.1) is 11.3 Å². The fourth-order valence-corrected chi connectivity index (χ4v) is 3.69. The van der Waals surface area contributed by atoms with Crippen molar-refractivity contribution in [3.63, 3.8) is 0 Å².